The van der Waals surface area contributed by atoms with Gasteiger partial charge in [0.05, 0.1) is 0 Å². The topological polar surface area (TPSA) is 44.9 Å². The molecule has 0 spiro atoms. The highest BCUT2D eigenvalue weighted by Gasteiger charge is 2.19. The van der Waals surface area contributed by atoms with Gasteiger partial charge in [-0.3, -0.25) is 4.99 Å². The second kappa shape index (κ2) is 7.87. The molecular formula is C16H32N4. The highest BCUT2D eigenvalue weighted by molar-refractivity contribution is 5.78. The fraction of sp³-hybridized carbons (Fsp3) is 0.938. The molecule has 0 amide bonds. The van der Waals surface area contributed by atoms with E-state index in [1.54, 1.807) is 0 Å². The zero-order valence-corrected chi connectivity index (χ0v) is 13.4. The molecule has 116 valence electrons. The average Bonchev–Trinajstić information content (AvgIpc) is 2.48. The Morgan fingerprint density at radius 3 is 2.60 bits per heavy atom. The van der Waals surface area contributed by atoms with Gasteiger partial charge in [0.15, 0.2) is 5.96 Å². The molecular weight excluding hydrogens is 248 g/mol. The van der Waals surface area contributed by atoms with Crippen molar-refractivity contribution in [3.8, 4) is 0 Å². The van der Waals surface area contributed by atoms with Crippen molar-refractivity contribution in [2.45, 2.75) is 46.0 Å². The van der Waals surface area contributed by atoms with E-state index < -0.39 is 0 Å². The van der Waals surface area contributed by atoms with E-state index in [-0.39, 0.29) is 0 Å². The van der Waals surface area contributed by atoms with E-state index in [4.69, 9.17) is 5.73 Å². The van der Waals surface area contributed by atoms with Gasteiger partial charge in [0.2, 0.25) is 0 Å². The summed E-state index contributed by atoms with van der Waals surface area (Å²) in [6, 6.07) is 0. The molecule has 0 aromatic heterocycles. The maximum Gasteiger partial charge on any atom is 0.191 e. The number of aliphatic imine (C=N–C) groups is 1. The zero-order chi connectivity index (χ0) is 14.4. The van der Waals surface area contributed by atoms with E-state index in [0.717, 1.165) is 37.4 Å². The summed E-state index contributed by atoms with van der Waals surface area (Å²) < 4.78 is 0. The predicted molar refractivity (Wildman–Crippen MR) is 85.9 cm³/mol. The SMILES string of the molecule is CCN1CCC(CCN=C(N)N2CCCC(C)C2)CC1. The highest BCUT2D eigenvalue weighted by Crippen LogP contribution is 2.20. The number of nitrogens with zero attached hydrogens (tertiary/aromatic N) is 3. The van der Waals surface area contributed by atoms with Crippen molar-refractivity contribution in [3.05, 3.63) is 0 Å². The Kier molecular flexibility index (Phi) is 6.14. The van der Waals surface area contributed by atoms with Gasteiger partial charge in [-0.1, -0.05) is 13.8 Å². The van der Waals surface area contributed by atoms with E-state index in [1.807, 2.05) is 0 Å². The number of guanidine groups is 1. The van der Waals surface area contributed by atoms with Crippen molar-refractivity contribution < 1.29 is 0 Å². The Balaban J connectivity index is 1.67. The summed E-state index contributed by atoms with van der Waals surface area (Å²) in [6.07, 6.45) is 6.47. The summed E-state index contributed by atoms with van der Waals surface area (Å²) in [6.45, 7) is 11.4. The van der Waals surface area contributed by atoms with Gasteiger partial charge in [-0.15, -0.1) is 0 Å². The number of nitrogens with two attached hydrogens (primary N) is 1. The van der Waals surface area contributed by atoms with Crippen molar-refractivity contribution in [2.75, 3.05) is 39.3 Å². The molecule has 4 heteroatoms. The van der Waals surface area contributed by atoms with Crippen LogP contribution in [-0.4, -0.2) is 55.0 Å². The van der Waals surface area contributed by atoms with Gasteiger partial charge in [0.1, 0.15) is 0 Å². The van der Waals surface area contributed by atoms with Crippen molar-refractivity contribution >= 4 is 5.96 Å². The lowest BCUT2D eigenvalue weighted by Gasteiger charge is -2.32. The van der Waals surface area contributed by atoms with Crippen molar-refractivity contribution in [1.29, 1.82) is 0 Å². The third-order valence-electron chi connectivity index (χ3n) is 4.95. The van der Waals surface area contributed by atoms with E-state index in [1.165, 1.54) is 51.7 Å². The van der Waals surface area contributed by atoms with Crippen LogP contribution in [0.1, 0.15) is 46.0 Å². The molecule has 2 aliphatic heterocycles. The van der Waals surface area contributed by atoms with Crippen LogP contribution in [0.3, 0.4) is 0 Å². The molecule has 1 atom stereocenters. The Morgan fingerprint density at radius 1 is 1.20 bits per heavy atom. The molecule has 20 heavy (non-hydrogen) atoms. The Labute approximate surface area is 124 Å². The average molecular weight is 280 g/mol. The third kappa shape index (κ3) is 4.65. The molecule has 0 aliphatic carbocycles. The van der Waals surface area contributed by atoms with E-state index >= 15 is 0 Å². The summed E-state index contributed by atoms with van der Waals surface area (Å²) in [4.78, 5) is 9.44. The first-order valence-electron chi connectivity index (χ1n) is 8.46. The molecule has 1 unspecified atom stereocenters. The summed E-state index contributed by atoms with van der Waals surface area (Å²) in [5.74, 6) is 2.40. The predicted octanol–water partition coefficient (Wildman–Crippen LogP) is 2.16. The fourth-order valence-corrected chi connectivity index (χ4v) is 3.45. The maximum atomic E-state index is 6.14. The van der Waals surface area contributed by atoms with E-state index in [2.05, 4.69) is 28.6 Å². The van der Waals surface area contributed by atoms with Gasteiger partial charge >= 0.3 is 0 Å². The molecule has 0 radical (unpaired) electrons. The lowest BCUT2D eigenvalue weighted by atomic mass is 9.94. The number of rotatable bonds is 4. The number of hydrogen-bond acceptors (Lipinski definition) is 2. The smallest absolute Gasteiger partial charge is 0.191 e. The number of piperidine rings is 2. The van der Waals surface area contributed by atoms with Crippen molar-refractivity contribution in [2.24, 2.45) is 22.6 Å². The minimum Gasteiger partial charge on any atom is -0.370 e. The lowest BCUT2D eigenvalue weighted by Crippen LogP contribution is -2.43. The lowest BCUT2D eigenvalue weighted by molar-refractivity contribution is 0.188. The normalized spacial score (nSPS) is 27.0. The minimum atomic E-state index is 0.760. The quantitative estimate of drug-likeness (QED) is 0.634. The maximum absolute atomic E-state index is 6.14. The highest BCUT2D eigenvalue weighted by atomic mass is 15.3. The minimum absolute atomic E-state index is 0.760. The van der Waals surface area contributed by atoms with Gasteiger partial charge in [-0.2, -0.15) is 0 Å². The summed E-state index contributed by atoms with van der Waals surface area (Å²) in [5, 5.41) is 0. The molecule has 0 aromatic carbocycles. The molecule has 4 nitrogen and oxygen atoms in total. The summed E-state index contributed by atoms with van der Waals surface area (Å²) in [7, 11) is 0. The molecule has 2 N–H and O–H groups in total. The largest absolute Gasteiger partial charge is 0.370 e. The number of likely N-dealkylation sites (tertiary alicyclic amines) is 2. The Bertz CT molecular complexity index is 308. The summed E-state index contributed by atoms with van der Waals surface area (Å²) in [5.41, 5.74) is 6.14. The molecule has 2 saturated heterocycles. The first-order valence-corrected chi connectivity index (χ1v) is 8.46. The fourth-order valence-electron chi connectivity index (χ4n) is 3.45. The third-order valence-corrected chi connectivity index (χ3v) is 4.95. The molecule has 2 rings (SSSR count). The first kappa shape index (κ1) is 15.6. The summed E-state index contributed by atoms with van der Waals surface area (Å²) >= 11 is 0. The van der Waals surface area contributed by atoms with Crippen LogP contribution >= 0.6 is 0 Å². The standard InChI is InChI=1S/C16H32N4/c1-3-19-11-7-15(8-12-19)6-9-18-16(17)20-10-4-5-14(2)13-20/h14-15H,3-13H2,1-2H3,(H2,17,18). The molecule has 0 saturated carbocycles. The Hall–Kier alpha value is -0.770. The van der Waals surface area contributed by atoms with Gasteiger partial charge in [0.25, 0.3) is 0 Å². The van der Waals surface area contributed by atoms with Crippen LogP contribution in [0.5, 0.6) is 0 Å². The van der Waals surface area contributed by atoms with Crippen LogP contribution in [0.2, 0.25) is 0 Å². The number of hydrogen-bond donors (Lipinski definition) is 1. The van der Waals surface area contributed by atoms with Crippen LogP contribution in [0, 0.1) is 11.8 Å². The van der Waals surface area contributed by atoms with Crippen molar-refractivity contribution in [3.63, 3.8) is 0 Å². The van der Waals surface area contributed by atoms with Crippen LogP contribution < -0.4 is 5.73 Å². The van der Waals surface area contributed by atoms with Crippen LogP contribution in [-0.2, 0) is 0 Å². The van der Waals surface area contributed by atoms with Crippen LogP contribution in [0.25, 0.3) is 0 Å². The monoisotopic (exact) mass is 280 g/mol. The molecule has 2 heterocycles. The van der Waals surface area contributed by atoms with Crippen LogP contribution in [0.15, 0.2) is 4.99 Å². The molecule has 0 aromatic rings. The van der Waals surface area contributed by atoms with E-state index in [9.17, 15) is 0 Å². The van der Waals surface area contributed by atoms with Gasteiger partial charge in [0, 0.05) is 19.6 Å². The second-order valence-corrected chi connectivity index (χ2v) is 6.60. The Morgan fingerprint density at radius 2 is 1.95 bits per heavy atom. The van der Waals surface area contributed by atoms with Gasteiger partial charge < -0.3 is 15.5 Å². The first-order chi connectivity index (χ1) is 9.69. The van der Waals surface area contributed by atoms with Crippen LogP contribution in [0.4, 0.5) is 0 Å². The molecule has 0 bridgehead atoms. The second-order valence-electron chi connectivity index (χ2n) is 6.60. The molecule has 2 aliphatic rings. The van der Waals surface area contributed by atoms with Gasteiger partial charge in [-0.05, 0) is 63.6 Å². The van der Waals surface area contributed by atoms with Crippen molar-refractivity contribution in [1.82, 2.24) is 9.80 Å². The molecule has 2 fully saturated rings. The van der Waals surface area contributed by atoms with Gasteiger partial charge in [-0.25, -0.2) is 0 Å². The zero-order valence-electron chi connectivity index (χ0n) is 13.4. The van der Waals surface area contributed by atoms with E-state index in [0.29, 0.717) is 0 Å².